The summed E-state index contributed by atoms with van der Waals surface area (Å²) in [5.74, 6) is -0.0106. The molecule has 1 aromatic heterocycles. The number of carbonyl (C=O) groups excluding carboxylic acids is 1. The number of amides is 1. The molecule has 1 atom stereocenters. The van der Waals surface area contributed by atoms with Crippen molar-refractivity contribution in [3.8, 4) is 0 Å². The van der Waals surface area contributed by atoms with Gasteiger partial charge in [-0.2, -0.15) is 0 Å². The van der Waals surface area contributed by atoms with Crippen molar-refractivity contribution in [2.75, 3.05) is 6.54 Å². The third-order valence-corrected chi connectivity index (χ3v) is 3.50. The average molecular weight is 262 g/mol. The van der Waals surface area contributed by atoms with Crippen molar-refractivity contribution >= 4 is 28.8 Å². The first-order valence-corrected chi connectivity index (χ1v) is 6.53. The van der Waals surface area contributed by atoms with E-state index in [4.69, 9.17) is 11.6 Å². The minimum atomic E-state index is -0.664. The second-order valence-electron chi connectivity index (χ2n) is 3.57. The number of unbranched alkanes of at least 4 members (excludes halogenated alkanes) is 1. The minimum Gasteiger partial charge on any atom is -0.386 e. The molecule has 0 aliphatic carbocycles. The van der Waals surface area contributed by atoms with Gasteiger partial charge < -0.3 is 10.4 Å². The summed E-state index contributed by atoms with van der Waals surface area (Å²) in [4.78, 5) is 12.1. The number of hydrogen-bond donors (Lipinski definition) is 2. The lowest BCUT2D eigenvalue weighted by atomic mass is 10.2. The van der Waals surface area contributed by atoms with Gasteiger partial charge in [0.1, 0.15) is 6.10 Å². The van der Waals surface area contributed by atoms with Crippen LogP contribution in [0.2, 0.25) is 4.34 Å². The van der Waals surface area contributed by atoms with Crippen molar-refractivity contribution in [1.82, 2.24) is 5.32 Å². The van der Waals surface area contributed by atoms with E-state index in [1.54, 1.807) is 12.1 Å². The van der Waals surface area contributed by atoms with Crippen LogP contribution in [-0.4, -0.2) is 17.6 Å². The molecule has 1 aromatic rings. The van der Waals surface area contributed by atoms with Gasteiger partial charge in [0.25, 0.3) is 0 Å². The number of aliphatic hydroxyl groups is 1. The van der Waals surface area contributed by atoms with Crippen LogP contribution in [0.25, 0.3) is 0 Å². The molecule has 0 saturated heterocycles. The molecule has 0 aliphatic heterocycles. The Morgan fingerprint density at radius 1 is 1.62 bits per heavy atom. The molecular formula is C11H16ClNO2S. The molecule has 0 aliphatic rings. The Bertz CT molecular complexity index is 340. The number of aliphatic hydroxyl groups excluding tert-OH is 1. The molecular weight excluding hydrogens is 246 g/mol. The Morgan fingerprint density at radius 3 is 2.94 bits per heavy atom. The third kappa shape index (κ3) is 4.51. The number of rotatable bonds is 6. The van der Waals surface area contributed by atoms with Gasteiger partial charge in [-0.1, -0.05) is 24.9 Å². The quantitative estimate of drug-likeness (QED) is 0.827. The highest BCUT2D eigenvalue weighted by atomic mass is 35.5. The van der Waals surface area contributed by atoms with Crippen LogP contribution in [0.15, 0.2) is 12.1 Å². The van der Waals surface area contributed by atoms with Gasteiger partial charge in [0.05, 0.1) is 4.34 Å². The lowest BCUT2D eigenvalue weighted by Crippen LogP contribution is -2.27. The second kappa shape index (κ2) is 6.89. The molecule has 5 heteroatoms. The molecule has 3 nitrogen and oxygen atoms in total. The SMILES string of the molecule is CCCCC(=O)NCC(O)c1ccc(Cl)s1. The smallest absolute Gasteiger partial charge is 0.220 e. The zero-order valence-electron chi connectivity index (χ0n) is 9.20. The lowest BCUT2D eigenvalue weighted by molar-refractivity contribution is -0.121. The molecule has 2 N–H and O–H groups in total. The van der Waals surface area contributed by atoms with Crippen molar-refractivity contribution in [3.05, 3.63) is 21.3 Å². The van der Waals surface area contributed by atoms with Crippen molar-refractivity contribution in [2.24, 2.45) is 0 Å². The van der Waals surface area contributed by atoms with E-state index in [-0.39, 0.29) is 12.5 Å². The molecule has 1 rings (SSSR count). The van der Waals surface area contributed by atoms with Crippen LogP contribution in [0.3, 0.4) is 0 Å². The number of hydrogen-bond acceptors (Lipinski definition) is 3. The summed E-state index contributed by atoms with van der Waals surface area (Å²) in [5.41, 5.74) is 0. The van der Waals surface area contributed by atoms with Gasteiger partial charge in [-0.25, -0.2) is 0 Å². The molecule has 0 fully saturated rings. The van der Waals surface area contributed by atoms with Crippen LogP contribution < -0.4 is 5.32 Å². The van der Waals surface area contributed by atoms with E-state index in [1.807, 2.05) is 6.92 Å². The van der Waals surface area contributed by atoms with E-state index in [9.17, 15) is 9.90 Å². The predicted molar refractivity (Wildman–Crippen MR) is 66.8 cm³/mol. The van der Waals surface area contributed by atoms with Crippen molar-refractivity contribution in [3.63, 3.8) is 0 Å². The summed E-state index contributed by atoms with van der Waals surface area (Å²) in [7, 11) is 0. The van der Waals surface area contributed by atoms with Crippen LogP contribution in [0.1, 0.15) is 37.2 Å². The van der Waals surface area contributed by atoms with Gasteiger partial charge >= 0.3 is 0 Å². The highest BCUT2D eigenvalue weighted by Crippen LogP contribution is 2.26. The largest absolute Gasteiger partial charge is 0.386 e. The van der Waals surface area contributed by atoms with Crippen LogP contribution in [0, 0.1) is 0 Å². The number of thiophene rings is 1. The highest BCUT2D eigenvalue weighted by Gasteiger charge is 2.11. The number of carbonyl (C=O) groups is 1. The van der Waals surface area contributed by atoms with Crippen LogP contribution in [-0.2, 0) is 4.79 Å². The van der Waals surface area contributed by atoms with E-state index < -0.39 is 6.10 Å². The first kappa shape index (κ1) is 13.5. The average Bonchev–Trinajstić information content (AvgIpc) is 2.69. The van der Waals surface area contributed by atoms with E-state index >= 15 is 0 Å². The van der Waals surface area contributed by atoms with Crippen LogP contribution >= 0.6 is 22.9 Å². The van der Waals surface area contributed by atoms with E-state index in [1.165, 1.54) is 11.3 Å². The Balaban J connectivity index is 2.29. The first-order valence-electron chi connectivity index (χ1n) is 5.33. The summed E-state index contributed by atoms with van der Waals surface area (Å²) in [5, 5.41) is 12.4. The molecule has 0 spiro atoms. The maximum absolute atomic E-state index is 11.3. The molecule has 90 valence electrons. The molecule has 0 saturated carbocycles. The predicted octanol–water partition coefficient (Wildman–Crippen LogP) is 2.74. The highest BCUT2D eigenvalue weighted by molar-refractivity contribution is 7.16. The molecule has 0 bridgehead atoms. The first-order chi connectivity index (χ1) is 7.63. The normalized spacial score (nSPS) is 12.4. The zero-order chi connectivity index (χ0) is 12.0. The van der Waals surface area contributed by atoms with E-state index in [2.05, 4.69) is 5.32 Å². The third-order valence-electron chi connectivity index (χ3n) is 2.17. The maximum Gasteiger partial charge on any atom is 0.220 e. The Hall–Kier alpha value is -0.580. The van der Waals surface area contributed by atoms with Crippen molar-refractivity contribution < 1.29 is 9.90 Å². The number of nitrogens with one attached hydrogen (secondary N) is 1. The Labute approximate surface area is 104 Å². The molecule has 0 radical (unpaired) electrons. The fourth-order valence-corrected chi connectivity index (χ4v) is 2.29. The van der Waals surface area contributed by atoms with Crippen molar-refractivity contribution in [2.45, 2.75) is 32.3 Å². The number of halogens is 1. The minimum absolute atomic E-state index is 0.0106. The summed E-state index contributed by atoms with van der Waals surface area (Å²) in [6.45, 7) is 2.29. The summed E-state index contributed by atoms with van der Waals surface area (Å²) in [6, 6.07) is 3.51. The fraction of sp³-hybridized carbons (Fsp3) is 0.545. The molecule has 1 unspecified atom stereocenters. The zero-order valence-corrected chi connectivity index (χ0v) is 10.8. The van der Waals surface area contributed by atoms with Gasteiger partial charge in [-0.3, -0.25) is 4.79 Å². The summed E-state index contributed by atoms with van der Waals surface area (Å²) in [6.07, 6.45) is 1.74. The lowest BCUT2D eigenvalue weighted by Gasteiger charge is -2.09. The summed E-state index contributed by atoms with van der Waals surface area (Å²) < 4.78 is 0.645. The second-order valence-corrected chi connectivity index (χ2v) is 5.31. The fourth-order valence-electron chi connectivity index (χ4n) is 1.24. The van der Waals surface area contributed by atoms with Gasteiger partial charge in [0, 0.05) is 17.8 Å². The molecule has 0 aromatic carbocycles. The van der Waals surface area contributed by atoms with E-state index in [0.29, 0.717) is 10.8 Å². The van der Waals surface area contributed by atoms with Gasteiger partial charge in [0.2, 0.25) is 5.91 Å². The van der Waals surface area contributed by atoms with Crippen molar-refractivity contribution in [1.29, 1.82) is 0 Å². The standard InChI is InChI=1S/C11H16ClNO2S/c1-2-3-4-11(15)13-7-8(14)9-5-6-10(12)16-9/h5-6,8,14H,2-4,7H2,1H3,(H,13,15). The topological polar surface area (TPSA) is 49.3 Å². The Kier molecular flexibility index (Phi) is 5.80. The monoisotopic (exact) mass is 261 g/mol. The molecule has 1 amide bonds. The maximum atomic E-state index is 11.3. The van der Waals surface area contributed by atoms with Gasteiger partial charge in [-0.15, -0.1) is 11.3 Å². The Morgan fingerprint density at radius 2 is 2.38 bits per heavy atom. The van der Waals surface area contributed by atoms with Crippen LogP contribution in [0.5, 0.6) is 0 Å². The van der Waals surface area contributed by atoms with Gasteiger partial charge in [-0.05, 0) is 18.6 Å². The summed E-state index contributed by atoms with van der Waals surface area (Å²) >= 11 is 7.09. The van der Waals surface area contributed by atoms with E-state index in [0.717, 1.165) is 17.7 Å². The molecule has 1 heterocycles. The van der Waals surface area contributed by atoms with Gasteiger partial charge in [0.15, 0.2) is 0 Å². The molecule has 16 heavy (non-hydrogen) atoms. The van der Waals surface area contributed by atoms with Crippen LogP contribution in [0.4, 0.5) is 0 Å².